The van der Waals surface area contributed by atoms with E-state index in [2.05, 4.69) is 9.71 Å². The predicted molar refractivity (Wildman–Crippen MR) is 81.9 cm³/mol. The molecule has 0 aliphatic rings. The third kappa shape index (κ3) is 2.49. The highest BCUT2D eigenvalue weighted by Gasteiger charge is 2.18. The first kappa shape index (κ1) is 13.4. The van der Waals surface area contributed by atoms with Crippen LogP contribution < -0.4 is 4.72 Å². The molecule has 2 aromatic heterocycles. The van der Waals surface area contributed by atoms with E-state index in [4.69, 9.17) is 11.6 Å². The highest BCUT2D eigenvalue weighted by Crippen LogP contribution is 2.29. The molecule has 1 N–H and O–H groups in total. The summed E-state index contributed by atoms with van der Waals surface area (Å²) in [6.07, 6.45) is 1.63. The van der Waals surface area contributed by atoms with Crippen molar-refractivity contribution < 1.29 is 8.42 Å². The number of hydrogen-bond acceptors (Lipinski definition) is 4. The van der Waals surface area contributed by atoms with Crippen molar-refractivity contribution >= 4 is 49.6 Å². The summed E-state index contributed by atoms with van der Waals surface area (Å²) in [7, 11) is -3.64. The van der Waals surface area contributed by atoms with Crippen LogP contribution in [-0.4, -0.2) is 13.4 Å². The van der Waals surface area contributed by atoms with E-state index in [1.54, 1.807) is 30.5 Å². The number of halogens is 1. The first-order valence-corrected chi connectivity index (χ1v) is 8.36. The molecule has 2 heterocycles. The number of anilines is 1. The van der Waals surface area contributed by atoms with Gasteiger partial charge in [0.2, 0.25) is 0 Å². The molecule has 0 aliphatic carbocycles. The Morgan fingerprint density at radius 1 is 1.10 bits per heavy atom. The van der Waals surface area contributed by atoms with Crippen LogP contribution in [-0.2, 0) is 10.0 Å². The van der Waals surface area contributed by atoms with Crippen LogP contribution in [0.15, 0.2) is 52.9 Å². The van der Waals surface area contributed by atoms with Crippen LogP contribution in [0.25, 0.3) is 10.9 Å². The molecule has 0 atom stereocenters. The Morgan fingerprint density at radius 2 is 1.90 bits per heavy atom. The molecule has 102 valence electrons. The summed E-state index contributed by atoms with van der Waals surface area (Å²) in [4.78, 5) is 4.21. The SMILES string of the molecule is O=S(=O)(Nc1cccc2cccnc12)c1ccc(Cl)s1. The molecule has 7 heteroatoms. The van der Waals surface area contributed by atoms with Crippen LogP contribution in [0.4, 0.5) is 5.69 Å². The molecule has 4 nitrogen and oxygen atoms in total. The van der Waals surface area contributed by atoms with Crippen LogP contribution in [0.3, 0.4) is 0 Å². The van der Waals surface area contributed by atoms with Gasteiger partial charge in [-0.3, -0.25) is 9.71 Å². The molecule has 0 fully saturated rings. The third-order valence-corrected chi connectivity index (χ3v) is 5.78. The Bertz CT molecular complexity index is 869. The number of fused-ring (bicyclic) bond motifs is 1. The minimum atomic E-state index is -3.64. The fourth-order valence-corrected chi connectivity index (χ4v) is 4.37. The number of pyridine rings is 1. The summed E-state index contributed by atoms with van der Waals surface area (Å²) in [5.41, 5.74) is 1.06. The van der Waals surface area contributed by atoms with Gasteiger partial charge in [0.1, 0.15) is 4.21 Å². The van der Waals surface area contributed by atoms with Crippen LogP contribution in [0.1, 0.15) is 0 Å². The van der Waals surface area contributed by atoms with Crippen molar-refractivity contribution in [1.82, 2.24) is 4.98 Å². The van der Waals surface area contributed by atoms with Gasteiger partial charge in [0.15, 0.2) is 0 Å². The highest BCUT2D eigenvalue weighted by molar-refractivity contribution is 7.94. The molecule has 0 amide bonds. The maximum Gasteiger partial charge on any atom is 0.271 e. The average molecular weight is 325 g/mol. The molecule has 0 saturated carbocycles. The van der Waals surface area contributed by atoms with Gasteiger partial charge in [0.05, 0.1) is 15.5 Å². The molecule has 3 aromatic rings. The summed E-state index contributed by atoms with van der Waals surface area (Å²) in [5.74, 6) is 0. The summed E-state index contributed by atoms with van der Waals surface area (Å²) in [5, 5.41) is 0.872. The second-order valence-corrected chi connectivity index (χ2v) is 7.67. The van der Waals surface area contributed by atoms with Gasteiger partial charge in [-0.1, -0.05) is 29.8 Å². The molecule has 0 bridgehead atoms. The Balaban J connectivity index is 2.05. The fourth-order valence-electron chi connectivity index (χ4n) is 1.82. The number of para-hydroxylation sites is 1. The van der Waals surface area contributed by atoms with E-state index >= 15 is 0 Å². The lowest BCUT2D eigenvalue weighted by atomic mass is 10.2. The minimum Gasteiger partial charge on any atom is -0.277 e. The van der Waals surface area contributed by atoms with Crippen LogP contribution in [0, 0.1) is 0 Å². The maximum atomic E-state index is 12.3. The molecule has 3 rings (SSSR count). The predicted octanol–water partition coefficient (Wildman–Crippen LogP) is 3.75. The molecule has 1 aromatic carbocycles. The molecular formula is C13H9ClN2O2S2. The largest absolute Gasteiger partial charge is 0.277 e. The lowest BCUT2D eigenvalue weighted by molar-refractivity contribution is 0.603. The van der Waals surface area contributed by atoms with Gasteiger partial charge in [0.25, 0.3) is 10.0 Å². The van der Waals surface area contributed by atoms with Gasteiger partial charge in [-0.05, 0) is 24.3 Å². The van der Waals surface area contributed by atoms with Crippen molar-refractivity contribution in [1.29, 1.82) is 0 Å². The van der Waals surface area contributed by atoms with Crippen LogP contribution >= 0.6 is 22.9 Å². The minimum absolute atomic E-state index is 0.176. The van der Waals surface area contributed by atoms with E-state index in [9.17, 15) is 8.42 Å². The van der Waals surface area contributed by atoms with Crippen molar-refractivity contribution in [2.75, 3.05) is 4.72 Å². The number of thiophene rings is 1. The summed E-state index contributed by atoms with van der Waals surface area (Å²) in [6.45, 7) is 0. The molecule has 20 heavy (non-hydrogen) atoms. The third-order valence-electron chi connectivity index (χ3n) is 2.69. The van der Waals surface area contributed by atoms with Gasteiger partial charge >= 0.3 is 0 Å². The number of hydrogen-bond donors (Lipinski definition) is 1. The van der Waals surface area contributed by atoms with Crippen LogP contribution in [0.5, 0.6) is 0 Å². The smallest absolute Gasteiger partial charge is 0.271 e. The van der Waals surface area contributed by atoms with Gasteiger partial charge < -0.3 is 0 Å². The molecule has 0 spiro atoms. The quantitative estimate of drug-likeness (QED) is 0.798. The van der Waals surface area contributed by atoms with Crippen molar-refractivity contribution in [3.8, 4) is 0 Å². The second kappa shape index (κ2) is 5.05. The molecule has 0 radical (unpaired) electrons. The lowest BCUT2D eigenvalue weighted by Gasteiger charge is -2.08. The fraction of sp³-hybridized carbons (Fsp3) is 0. The lowest BCUT2D eigenvalue weighted by Crippen LogP contribution is -2.11. The van der Waals surface area contributed by atoms with E-state index < -0.39 is 10.0 Å². The van der Waals surface area contributed by atoms with Crippen molar-refractivity contribution in [2.45, 2.75) is 4.21 Å². The van der Waals surface area contributed by atoms with Crippen molar-refractivity contribution in [2.24, 2.45) is 0 Å². The maximum absolute atomic E-state index is 12.3. The highest BCUT2D eigenvalue weighted by atomic mass is 35.5. The second-order valence-electron chi connectivity index (χ2n) is 4.04. The molecular weight excluding hydrogens is 316 g/mol. The number of rotatable bonds is 3. The van der Waals surface area contributed by atoms with E-state index in [0.717, 1.165) is 16.7 Å². The Kier molecular flexibility index (Phi) is 3.37. The number of aromatic nitrogens is 1. The Hall–Kier alpha value is -1.63. The Morgan fingerprint density at radius 3 is 2.65 bits per heavy atom. The monoisotopic (exact) mass is 324 g/mol. The normalized spacial score (nSPS) is 11.7. The first-order chi connectivity index (χ1) is 9.56. The zero-order valence-corrected chi connectivity index (χ0v) is 12.5. The van der Waals surface area contributed by atoms with E-state index in [-0.39, 0.29) is 4.21 Å². The molecule has 0 aliphatic heterocycles. The van der Waals surface area contributed by atoms with Gasteiger partial charge in [-0.15, -0.1) is 11.3 Å². The van der Waals surface area contributed by atoms with E-state index in [0.29, 0.717) is 15.5 Å². The van der Waals surface area contributed by atoms with Gasteiger partial charge in [0, 0.05) is 11.6 Å². The van der Waals surface area contributed by atoms with Crippen molar-refractivity contribution in [3.05, 3.63) is 53.0 Å². The number of nitrogens with one attached hydrogen (secondary N) is 1. The number of benzene rings is 1. The average Bonchev–Trinajstić information content (AvgIpc) is 2.86. The molecule has 0 unspecified atom stereocenters. The zero-order chi connectivity index (χ0) is 14.2. The summed E-state index contributed by atoms with van der Waals surface area (Å²) < 4.78 is 27.7. The van der Waals surface area contributed by atoms with Gasteiger partial charge in [-0.25, -0.2) is 8.42 Å². The Labute approximate surface area is 125 Å². The molecule has 0 saturated heterocycles. The summed E-state index contributed by atoms with van der Waals surface area (Å²) in [6, 6.07) is 12.1. The van der Waals surface area contributed by atoms with Crippen LogP contribution in [0.2, 0.25) is 4.34 Å². The summed E-state index contributed by atoms with van der Waals surface area (Å²) >= 11 is 6.79. The zero-order valence-electron chi connectivity index (χ0n) is 10.1. The first-order valence-electron chi connectivity index (χ1n) is 5.68. The van der Waals surface area contributed by atoms with E-state index in [1.807, 2.05) is 12.1 Å². The van der Waals surface area contributed by atoms with E-state index in [1.165, 1.54) is 6.07 Å². The van der Waals surface area contributed by atoms with Crippen molar-refractivity contribution in [3.63, 3.8) is 0 Å². The number of nitrogens with zero attached hydrogens (tertiary/aromatic N) is 1. The standard InChI is InChI=1S/C13H9ClN2O2S2/c14-11-6-7-12(19-11)20(17,18)16-10-5-1-3-9-4-2-8-15-13(9)10/h1-8,16H. The van der Waals surface area contributed by atoms with Gasteiger partial charge in [-0.2, -0.15) is 0 Å². The number of sulfonamides is 1. The topological polar surface area (TPSA) is 59.1 Å².